The van der Waals surface area contributed by atoms with Crippen LogP contribution in [0, 0.1) is 11.3 Å². The molecule has 0 fully saturated rings. The Balaban J connectivity index is 2.21. The third kappa shape index (κ3) is 2.43. The summed E-state index contributed by atoms with van der Waals surface area (Å²) in [5.74, 6) is 0.214. The normalized spacial score (nSPS) is 13.7. The van der Waals surface area contributed by atoms with Crippen LogP contribution in [0.4, 0.5) is 0 Å². The van der Waals surface area contributed by atoms with Crippen LogP contribution in [0.5, 0.6) is 5.88 Å². The second kappa shape index (κ2) is 6.15. The fourth-order valence-electron chi connectivity index (χ4n) is 3.25. The first-order chi connectivity index (χ1) is 10.7. The molecule has 0 amide bonds. The van der Waals surface area contributed by atoms with Crippen LogP contribution in [-0.2, 0) is 19.3 Å². The molecule has 114 valence electrons. The van der Waals surface area contributed by atoms with Crippen molar-refractivity contribution in [3.05, 3.63) is 45.1 Å². The van der Waals surface area contributed by atoms with Gasteiger partial charge in [-0.3, -0.25) is 4.57 Å². The maximum Gasteiger partial charge on any atom is 0.199 e. The predicted molar refractivity (Wildman–Crippen MR) is 87.3 cm³/mol. The van der Waals surface area contributed by atoms with Crippen LogP contribution in [0.15, 0.2) is 22.7 Å². The lowest BCUT2D eigenvalue weighted by Crippen LogP contribution is -2.07. The van der Waals surface area contributed by atoms with E-state index in [1.165, 1.54) is 5.56 Å². The lowest BCUT2D eigenvalue weighted by atomic mass is 9.94. The minimum atomic E-state index is 0.0263. The van der Waals surface area contributed by atoms with Gasteiger partial charge in [0, 0.05) is 28.8 Å². The highest BCUT2D eigenvalue weighted by molar-refractivity contribution is 9.10. The Labute approximate surface area is 137 Å². The van der Waals surface area contributed by atoms with Gasteiger partial charge >= 0.3 is 0 Å². The van der Waals surface area contributed by atoms with Crippen LogP contribution in [0.1, 0.15) is 35.2 Å². The summed E-state index contributed by atoms with van der Waals surface area (Å²) in [5, 5.41) is 29.0. The number of benzene rings is 1. The highest BCUT2D eigenvalue weighted by Gasteiger charge is 2.25. The molecule has 1 aliphatic carbocycles. The second-order valence-electron chi connectivity index (χ2n) is 5.52. The Kier molecular flexibility index (Phi) is 4.23. The van der Waals surface area contributed by atoms with Gasteiger partial charge in [0.1, 0.15) is 0 Å². The van der Waals surface area contributed by atoms with Crippen molar-refractivity contribution in [2.24, 2.45) is 0 Å². The van der Waals surface area contributed by atoms with Crippen LogP contribution in [0.25, 0.3) is 5.69 Å². The van der Waals surface area contributed by atoms with Crippen LogP contribution >= 0.6 is 15.9 Å². The average Bonchev–Trinajstić information content (AvgIpc) is 2.81. The fraction of sp³-hybridized carbons (Fsp3) is 0.353. The molecular formula is C17H17BrN2O2. The molecule has 0 atom stereocenters. The first-order valence-electron chi connectivity index (χ1n) is 7.42. The van der Waals surface area contributed by atoms with Crippen molar-refractivity contribution in [3.8, 4) is 17.6 Å². The van der Waals surface area contributed by atoms with E-state index in [1.54, 1.807) is 12.1 Å². The van der Waals surface area contributed by atoms with Crippen molar-refractivity contribution in [2.75, 3.05) is 6.61 Å². The van der Waals surface area contributed by atoms with Gasteiger partial charge in [-0.05, 0) is 65.4 Å². The van der Waals surface area contributed by atoms with Gasteiger partial charge in [0.05, 0.1) is 17.3 Å². The third-order valence-electron chi connectivity index (χ3n) is 4.23. The molecule has 4 nitrogen and oxygen atoms in total. The van der Waals surface area contributed by atoms with Crippen LogP contribution in [-0.4, -0.2) is 21.4 Å². The molecule has 0 unspecified atom stereocenters. The molecule has 3 rings (SSSR count). The van der Waals surface area contributed by atoms with Crippen molar-refractivity contribution in [3.63, 3.8) is 0 Å². The van der Waals surface area contributed by atoms with E-state index in [1.807, 2.05) is 10.6 Å². The molecule has 1 aliphatic rings. The third-order valence-corrected chi connectivity index (χ3v) is 4.87. The zero-order valence-corrected chi connectivity index (χ0v) is 13.7. The SMILES string of the molecule is N#Cc1ccc(-n2c(O)c(CCO)c3c2CCCC3)c(Br)c1. The molecule has 0 spiro atoms. The van der Waals surface area contributed by atoms with Gasteiger partial charge in [-0.1, -0.05) is 0 Å². The van der Waals surface area contributed by atoms with Gasteiger partial charge in [-0.25, -0.2) is 0 Å². The Morgan fingerprint density at radius 3 is 2.73 bits per heavy atom. The summed E-state index contributed by atoms with van der Waals surface area (Å²) in [5.41, 5.74) is 4.56. The smallest absolute Gasteiger partial charge is 0.199 e. The van der Waals surface area contributed by atoms with Crippen molar-refractivity contribution >= 4 is 15.9 Å². The molecular weight excluding hydrogens is 344 g/mol. The topological polar surface area (TPSA) is 69.2 Å². The zero-order chi connectivity index (χ0) is 15.7. The van der Waals surface area contributed by atoms with Gasteiger partial charge in [0.2, 0.25) is 0 Å². The summed E-state index contributed by atoms with van der Waals surface area (Å²) >= 11 is 3.50. The molecule has 0 saturated heterocycles. The van der Waals surface area contributed by atoms with Crippen molar-refractivity contribution in [2.45, 2.75) is 32.1 Å². The summed E-state index contributed by atoms with van der Waals surface area (Å²) in [6, 6.07) is 7.47. The van der Waals surface area contributed by atoms with Gasteiger partial charge in [0.15, 0.2) is 5.88 Å². The highest BCUT2D eigenvalue weighted by atomic mass is 79.9. The van der Waals surface area contributed by atoms with Gasteiger partial charge in [-0.15, -0.1) is 0 Å². The fourth-order valence-corrected chi connectivity index (χ4v) is 3.81. The van der Waals surface area contributed by atoms with Crippen molar-refractivity contribution < 1.29 is 10.2 Å². The van der Waals surface area contributed by atoms with Gasteiger partial charge < -0.3 is 10.2 Å². The van der Waals surface area contributed by atoms with Crippen LogP contribution in [0.3, 0.4) is 0 Å². The number of rotatable bonds is 3. The maximum atomic E-state index is 10.7. The number of hydrogen-bond acceptors (Lipinski definition) is 3. The second-order valence-corrected chi connectivity index (χ2v) is 6.38. The molecule has 22 heavy (non-hydrogen) atoms. The minimum absolute atomic E-state index is 0.0263. The summed E-state index contributed by atoms with van der Waals surface area (Å²) in [6.45, 7) is 0.0263. The number of halogens is 1. The first kappa shape index (κ1) is 15.1. The van der Waals surface area contributed by atoms with E-state index < -0.39 is 0 Å². The minimum Gasteiger partial charge on any atom is -0.494 e. The van der Waals surface area contributed by atoms with Crippen LogP contribution < -0.4 is 0 Å². The van der Waals surface area contributed by atoms with E-state index in [0.29, 0.717) is 12.0 Å². The molecule has 1 heterocycles. The summed E-state index contributed by atoms with van der Waals surface area (Å²) in [7, 11) is 0. The number of aliphatic hydroxyl groups is 1. The number of hydrogen-bond donors (Lipinski definition) is 2. The Morgan fingerprint density at radius 2 is 2.05 bits per heavy atom. The summed E-state index contributed by atoms with van der Waals surface area (Å²) in [6.07, 6.45) is 4.54. The molecule has 1 aromatic carbocycles. The van der Waals surface area contributed by atoms with Crippen molar-refractivity contribution in [1.29, 1.82) is 5.26 Å². The van der Waals surface area contributed by atoms with E-state index in [-0.39, 0.29) is 12.5 Å². The highest BCUT2D eigenvalue weighted by Crippen LogP contribution is 2.38. The molecule has 2 N–H and O–H groups in total. The Hall–Kier alpha value is -1.77. The molecule has 0 radical (unpaired) electrons. The molecule has 2 aromatic rings. The van der Waals surface area contributed by atoms with Crippen molar-refractivity contribution in [1.82, 2.24) is 4.57 Å². The number of fused-ring (bicyclic) bond motifs is 1. The Bertz CT molecular complexity index is 759. The molecule has 1 aromatic heterocycles. The van der Waals surface area contributed by atoms with E-state index in [4.69, 9.17) is 5.26 Å². The standard InChI is InChI=1S/C17H17BrN2O2/c18-14-9-11(10-19)5-6-16(14)20-15-4-2-1-3-12(15)13(7-8-21)17(20)22/h5-6,9,21-22H,1-4,7-8H2. The van der Waals surface area contributed by atoms with Gasteiger partial charge in [0.25, 0.3) is 0 Å². The lowest BCUT2D eigenvalue weighted by molar-refractivity contribution is 0.296. The predicted octanol–water partition coefficient (Wildman–Crippen LogP) is 3.23. The number of nitriles is 1. The molecule has 0 aliphatic heterocycles. The number of aromatic hydroxyl groups is 1. The van der Waals surface area contributed by atoms with E-state index in [2.05, 4.69) is 22.0 Å². The quantitative estimate of drug-likeness (QED) is 0.882. The van der Waals surface area contributed by atoms with E-state index in [9.17, 15) is 10.2 Å². The average molecular weight is 361 g/mol. The Morgan fingerprint density at radius 1 is 1.27 bits per heavy atom. The lowest BCUT2D eigenvalue weighted by Gasteiger charge is -2.17. The molecule has 0 saturated carbocycles. The maximum absolute atomic E-state index is 10.7. The van der Waals surface area contributed by atoms with Gasteiger partial charge in [-0.2, -0.15) is 5.26 Å². The first-order valence-corrected chi connectivity index (χ1v) is 8.21. The van der Waals surface area contributed by atoms with E-state index >= 15 is 0 Å². The largest absolute Gasteiger partial charge is 0.494 e. The number of aliphatic hydroxyl groups excluding tert-OH is 1. The zero-order valence-electron chi connectivity index (χ0n) is 12.1. The monoisotopic (exact) mass is 360 g/mol. The summed E-state index contributed by atoms with van der Waals surface area (Å²) in [4.78, 5) is 0. The number of nitrogens with zero attached hydrogens (tertiary/aromatic N) is 2. The molecule has 0 bridgehead atoms. The molecule has 5 heteroatoms. The number of aromatic nitrogens is 1. The van der Waals surface area contributed by atoms with Crippen LogP contribution in [0.2, 0.25) is 0 Å². The summed E-state index contributed by atoms with van der Waals surface area (Å²) < 4.78 is 2.64. The van der Waals surface area contributed by atoms with E-state index in [0.717, 1.165) is 47.1 Å².